The maximum Gasteiger partial charge on any atom is -0.00134 e. The number of hydrogen-bond donors (Lipinski definition) is 0. The molecule has 1 saturated heterocycles. The van der Waals surface area contributed by atoms with Crippen molar-refractivity contribution in [2.75, 3.05) is 20.1 Å². The van der Waals surface area contributed by atoms with Gasteiger partial charge < -0.3 is 4.90 Å². The lowest BCUT2D eigenvalue weighted by Crippen LogP contribution is -2.23. The highest BCUT2D eigenvalue weighted by molar-refractivity contribution is 5.25. The zero-order chi connectivity index (χ0) is 10.2. The Morgan fingerprint density at radius 2 is 1.86 bits per heavy atom. The number of nitrogens with zero attached hydrogens (tertiary/aromatic N) is 1. The average molecular weight is 193 g/mol. The summed E-state index contributed by atoms with van der Waals surface area (Å²) in [5.41, 5.74) is 4.01. The molecule has 0 radical (unpaired) electrons. The molecular formula is C13H23N. The Morgan fingerprint density at radius 3 is 2.50 bits per heavy atom. The van der Waals surface area contributed by atoms with Gasteiger partial charge in [0.25, 0.3) is 0 Å². The fourth-order valence-corrected chi connectivity index (χ4v) is 3.21. The number of allylic oxidation sites excluding steroid dienone is 2. The third-order valence-electron chi connectivity index (χ3n) is 4.58. The molecule has 2 rings (SSSR count). The van der Waals surface area contributed by atoms with Gasteiger partial charge in [0.15, 0.2) is 0 Å². The first-order valence-electron chi connectivity index (χ1n) is 5.99. The molecule has 1 aliphatic carbocycles. The van der Waals surface area contributed by atoms with Gasteiger partial charge >= 0.3 is 0 Å². The van der Waals surface area contributed by atoms with Crippen molar-refractivity contribution in [1.82, 2.24) is 4.90 Å². The molecule has 0 aromatic rings. The molecule has 1 heterocycles. The van der Waals surface area contributed by atoms with Crippen LogP contribution in [0.15, 0.2) is 11.1 Å². The van der Waals surface area contributed by atoms with E-state index in [4.69, 9.17) is 0 Å². The molecule has 1 aliphatic heterocycles. The topological polar surface area (TPSA) is 3.24 Å². The normalized spacial score (nSPS) is 35.4. The molecule has 0 N–H and O–H groups in total. The van der Waals surface area contributed by atoms with Crippen molar-refractivity contribution >= 4 is 0 Å². The minimum Gasteiger partial charge on any atom is -0.306 e. The summed E-state index contributed by atoms with van der Waals surface area (Å²) in [7, 11) is 2.26. The van der Waals surface area contributed by atoms with Gasteiger partial charge in [-0.2, -0.15) is 0 Å². The van der Waals surface area contributed by atoms with E-state index in [9.17, 15) is 0 Å². The van der Waals surface area contributed by atoms with E-state index in [0.29, 0.717) is 5.41 Å². The molecule has 0 amide bonds. The maximum atomic E-state index is 2.50. The molecule has 1 atom stereocenters. The summed E-state index contributed by atoms with van der Waals surface area (Å²) in [5.74, 6) is 0. The second-order valence-electron chi connectivity index (χ2n) is 5.34. The van der Waals surface area contributed by atoms with E-state index in [1.165, 1.54) is 45.2 Å². The fourth-order valence-electron chi connectivity index (χ4n) is 3.21. The molecule has 1 fully saturated rings. The standard InChI is InChI=1S/C13H23N/c1-11-5-7-13(12(11)2)6-4-9-14(3)10-8-13/h4-10H2,1-3H3. The largest absolute Gasteiger partial charge is 0.306 e. The van der Waals surface area contributed by atoms with Gasteiger partial charge in [0.1, 0.15) is 0 Å². The van der Waals surface area contributed by atoms with Crippen LogP contribution in [0.5, 0.6) is 0 Å². The summed E-state index contributed by atoms with van der Waals surface area (Å²) < 4.78 is 0. The first kappa shape index (κ1) is 10.2. The van der Waals surface area contributed by atoms with Gasteiger partial charge in [-0.3, -0.25) is 0 Å². The lowest BCUT2D eigenvalue weighted by molar-refractivity contribution is 0.288. The number of rotatable bonds is 0. The third-order valence-corrected chi connectivity index (χ3v) is 4.58. The Hall–Kier alpha value is -0.300. The van der Waals surface area contributed by atoms with Crippen molar-refractivity contribution in [3.8, 4) is 0 Å². The van der Waals surface area contributed by atoms with Crippen LogP contribution >= 0.6 is 0 Å². The summed E-state index contributed by atoms with van der Waals surface area (Å²) in [5, 5.41) is 0. The Morgan fingerprint density at radius 1 is 1.07 bits per heavy atom. The van der Waals surface area contributed by atoms with Crippen LogP contribution < -0.4 is 0 Å². The maximum absolute atomic E-state index is 2.50. The van der Waals surface area contributed by atoms with Crippen LogP contribution in [0.25, 0.3) is 0 Å². The average Bonchev–Trinajstić information content (AvgIpc) is 2.38. The second-order valence-corrected chi connectivity index (χ2v) is 5.34. The van der Waals surface area contributed by atoms with Gasteiger partial charge in [0, 0.05) is 0 Å². The quantitative estimate of drug-likeness (QED) is 0.534. The van der Waals surface area contributed by atoms with E-state index >= 15 is 0 Å². The van der Waals surface area contributed by atoms with Crippen LogP contribution in [0.2, 0.25) is 0 Å². The molecule has 2 aliphatic rings. The first-order valence-corrected chi connectivity index (χ1v) is 5.99. The molecule has 0 aromatic carbocycles. The van der Waals surface area contributed by atoms with Crippen LogP contribution in [0.3, 0.4) is 0 Å². The minimum absolute atomic E-state index is 0.606. The third kappa shape index (κ3) is 1.63. The van der Waals surface area contributed by atoms with Gasteiger partial charge in [0.05, 0.1) is 0 Å². The molecular weight excluding hydrogens is 170 g/mol. The van der Waals surface area contributed by atoms with E-state index in [0.717, 1.165) is 0 Å². The van der Waals surface area contributed by atoms with Crippen LogP contribution in [-0.2, 0) is 0 Å². The first-order chi connectivity index (χ1) is 6.64. The van der Waals surface area contributed by atoms with Crippen molar-refractivity contribution in [3.05, 3.63) is 11.1 Å². The Balaban J connectivity index is 2.16. The number of hydrogen-bond acceptors (Lipinski definition) is 1. The summed E-state index contributed by atoms with van der Waals surface area (Å²) in [6.07, 6.45) is 7.00. The molecule has 1 unspecified atom stereocenters. The molecule has 80 valence electrons. The zero-order valence-electron chi connectivity index (χ0n) is 9.90. The van der Waals surface area contributed by atoms with Crippen molar-refractivity contribution < 1.29 is 0 Å². The lowest BCUT2D eigenvalue weighted by atomic mass is 9.75. The van der Waals surface area contributed by atoms with E-state index in [1.807, 2.05) is 0 Å². The Bertz CT molecular complexity index is 254. The minimum atomic E-state index is 0.606. The SMILES string of the molecule is CC1=C(C)C2(CCCN(C)CC2)CC1. The lowest BCUT2D eigenvalue weighted by Gasteiger charge is -2.30. The molecule has 0 saturated carbocycles. The van der Waals surface area contributed by atoms with Crippen molar-refractivity contribution in [2.45, 2.75) is 46.0 Å². The predicted octanol–water partition coefficient (Wildman–Crippen LogP) is 3.22. The smallest absolute Gasteiger partial charge is 0.00134 e. The summed E-state index contributed by atoms with van der Waals surface area (Å²) in [6, 6.07) is 0. The van der Waals surface area contributed by atoms with Crippen LogP contribution in [0, 0.1) is 5.41 Å². The summed E-state index contributed by atoms with van der Waals surface area (Å²) in [6.45, 7) is 7.31. The van der Waals surface area contributed by atoms with E-state index in [-0.39, 0.29) is 0 Å². The molecule has 0 aromatic heterocycles. The van der Waals surface area contributed by atoms with E-state index < -0.39 is 0 Å². The van der Waals surface area contributed by atoms with Crippen LogP contribution in [0.4, 0.5) is 0 Å². The van der Waals surface area contributed by atoms with Crippen molar-refractivity contribution in [1.29, 1.82) is 0 Å². The summed E-state index contributed by atoms with van der Waals surface area (Å²) >= 11 is 0. The van der Waals surface area contributed by atoms with Crippen LogP contribution in [0.1, 0.15) is 46.0 Å². The van der Waals surface area contributed by atoms with Gasteiger partial charge in [-0.05, 0) is 71.5 Å². The molecule has 1 spiro atoms. The zero-order valence-corrected chi connectivity index (χ0v) is 9.90. The highest BCUT2D eigenvalue weighted by Crippen LogP contribution is 2.49. The monoisotopic (exact) mass is 193 g/mol. The van der Waals surface area contributed by atoms with Gasteiger partial charge in [0.2, 0.25) is 0 Å². The molecule has 0 bridgehead atoms. The fraction of sp³-hybridized carbons (Fsp3) is 0.846. The number of likely N-dealkylation sites (tertiary alicyclic amines) is 1. The highest BCUT2D eigenvalue weighted by Gasteiger charge is 2.37. The van der Waals surface area contributed by atoms with Gasteiger partial charge in [-0.25, -0.2) is 0 Å². The highest BCUT2D eigenvalue weighted by atomic mass is 15.1. The van der Waals surface area contributed by atoms with Crippen molar-refractivity contribution in [3.63, 3.8) is 0 Å². The van der Waals surface area contributed by atoms with Crippen LogP contribution in [-0.4, -0.2) is 25.0 Å². The Kier molecular flexibility index (Phi) is 2.70. The van der Waals surface area contributed by atoms with E-state index in [1.54, 1.807) is 11.1 Å². The van der Waals surface area contributed by atoms with Gasteiger partial charge in [-0.1, -0.05) is 11.1 Å². The van der Waals surface area contributed by atoms with Crippen molar-refractivity contribution in [2.24, 2.45) is 5.41 Å². The van der Waals surface area contributed by atoms with Gasteiger partial charge in [-0.15, -0.1) is 0 Å². The predicted molar refractivity (Wildman–Crippen MR) is 61.4 cm³/mol. The summed E-state index contributed by atoms with van der Waals surface area (Å²) in [4.78, 5) is 2.50. The molecule has 1 heteroatoms. The Labute approximate surface area is 88.2 Å². The second kappa shape index (κ2) is 3.69. The van der Waals surface area contributed by atoms with E-state index in [2.05, 4.69) is 25.8 Å². The molecule has 14 heavy (non-hydrogen) atoms. The molecule has 1 nitrogen and oxygen atoms in total.